The summed E-state index contributed by atoms with van der Waals surface area (Å²) >= 11 is 0. The van der Waals surface area contributed by atoms with Crippen molar-refractivity contribution in [3.05, 3.63) is 76.6 Å². The number of rotatable bonds is 5. The Kier molecular flexibility index (Phi) is 6.15. The topological polar surface area (TPSA) is 70.1 Å². The SMILES string of the molecule is Cc1ccc(/C(O)=C2/C(=O)C(=O)N(CCN3CCOCC3)C2c2ccc(F)cc2)cc1. The molecule has 0 spiro atoms. The number of halogens is 1. The number of nitrogens with zero attached hydrogens (tertiary/aromatic N) is 2. The number of ether oxygens (including phenoxy) is 1. The first-order valence-electron chi connectivity index (χ1n) is 10.4. The highest BCUT2D eigenvalue weighted by atomic mass is 19.1. The molecule has 4 rings (SSSR count). The highest BCUT2D eigenvalue weighted by Crippen LogP contribution is 2.39. The van der Waals surface area contributed by atoms with Crippen molar-refractivity contribution in [1.29, 1.82) is 0 Å². The summed E-state index contributed by atoms with van der Waals surface area (Å²) in [7, 11) is 0. The smallest absolute Gasteiger partial charge is 0.295 e. The van der Waals surface area contributed by atoms with E-state index in [0.717, 1.165) is 18.7 Å². The molecule has 0 aromatic heterocycles. The maximum atomic E-state index is 13.5. The van der Waals surface area contributed by atoms with E-state index in [1.165, 1.54) is 17.0 Å². The molecule has 31 heavy (non-hydrogen) atoms. The Morgan fingerprint density at radius 3 is 2.32 bits per heavy atom. The van der Waals surface area contributed by atoms with Crippen LogP contribution in [0.3, 0.4) is 0 Å². The van der Waals surface area contributed by atoms with Crippen LogP contribution in [0, 0.1) is 12.7 Å². The van der Waals surface area contributed by atoms with Crippen molar-refractivity contribution in [3.63, 3.8) is 0 Å². The molecular weight excluding hydrogens is 399 g/mol. The van der Waals surface area contributed by atoms with Gasteiger partial charge in [0.1, 0.15) is 11.6 Å². The first-order valence-corrected chi connectivity index (χ1v) is 10.4. The lowest BCUT2D eigenvalue weighted by molar-refractivity contribution is -0.140. The van der Waals surface area contributed by atoms with Crippen molar-refractivity contribution < 1.29 is 23.8 Å². The highest BCUT2D eigenvalue weighted by molar-refractivity contribution is 6.46. The molecule has 0 bridgehead atoms. The monoisotopic (exact) mass is 424 g/mol. The number of benzene rings is 2. The van der Waals surface area contributed by atoms with Crippen molar-refractivity contribution in [3.8, 4) is 0 Å². The summed E-state index contributed by atoms with van der Waals surface area (Å²) in [6.45, 7) is 5.60. The van der Waals surface area contributed by atoms with E-state index in [1.807, 2.05) is 19.1 Å². The van der Waals surface area contributed by atoms with Crippen LogP contribution in [0.1, 0.15) is 22.7 Å². The maximum Gasteiger partial charge on any atom is 0.295 e. The molecular formula is C24H25FN2O4. The molecule has 7 heteroatoms. The lowest BCUT2D eigenvalue weighted by Crippen LogP contribution is -2.42. The average molecular weight is 424 g/mol. The van der Waals surface area contributed by atoms with Crippen LogP contribution in [-0.4, -0.2) is 66.0 Å². The predicted molar refractivity (Wildman–Crippen MR) is 114 cm³/mol. The fourth-order valence-electron chi connectivity index (χ4n) is 4.04. The van der Waals surface area contributed by atoms with Crippen LogP contribution < -0.4 is 0 Å². The molecule has 2 saturated heterocycles. The van der Waals surface area contributed by atoms with E-state index in [0.29, 0.717) is 37.4 Å². The Hall–Kier alpha value is -3.03. The highest BCUT2D eigenvalue weighted by Gasteiger charge is 2.46. The number of amides is 1. The van der Waals surface area contributed by atoms with Crippen molar-refractivity contribution >= 4 is 17.4 Å². The molecule has 2 fully saturated rings. The summed E-state index contributed by atoms with van der Waals surface area (Å²) < 4.78 is 18.9. The number of carbonyl (C=O) groups excluding carboxylic acids is 2. The lowest BCUT2D eigenvalue weighted by Gasteiger charge is -2.31. The number of hydrogen-bond donors (Lipinski definition) is 1. The van der Waals surface area contributed by atoms with E-state index >= 15 is 0 Å². The number of hydrogen-bond acceptors (Lipinski definition) is 5. The fourth-order valence-corrected chi connectivity index (χ4v) is 4.04. The van der Waals surface area contributed by atoms with Gasteiger partial charge in [-0.15, -0.1) is 0 Å². The largest absolute Gasteiger partial charge is 0.507 e. The van der Waals surface area contributed by atoms with Gasteiger partial charge in [-0.1, -0.05) is 42.0 Å². The van der Waals surface area contributed by atoms with Gasteiger partial charge < -0.3 is 14.7 Å². The zero-order valence-electron chi connectivity index (χ0n) is 17.4. The number of carbonyl (C=O) groups is 2. The van der Waals surface area contributed by atoms with Crippen LogP contribution in [-0.2, 0) is 14.3 Å². The third-order valence-electron chi connectivity index (χ3n) is 5.81. The van der Waals surface area contributed by atoms with Gasteiger partial charge >= 0.3 is 0 Å². The summed E-state index contributed by atoms with van der Waals surface area (Å²) in [6.07, 6.45) is 0. The summed E-state index contributed by atoms with van der Waals surface area (Å²) in [6, 6.07) is 12.0. The van der Waals surface area contributed by atoms with Gasteiger partial charge in [-0.2, -0.15) is 0 Å². The van der Waals surface area contributed by atoms with Gasteiger partial charge in [0.15, 0.2) is 0 Å². The number of ketones is 1. The minimum atomic E-state index is -0.775. The second-order valence-electron chi connectivity index (χ2n) is 7.86. The van der Waals surface area contributed by atoms with Gasteiger partial charge in [0.05, 0.1) is 24.8 Å². The average Bonchev–Trinajstić information content (AvgIpc) is 3.04. The third kappa shape index (κ3) is 4.38. The molecule has 1 atom stereocenters. The van der Waals surface area contributed by atoms with Gasteiger partial charge in [-0.3, -0.25) is 14.5 Å². The van der Waals surface area contributed by atoms with Gasteiger partial charge in [-0.25, -0.2) is 4.39 Å². The quantitative estimate of drug-likeness (QED) is 0.454. The zero-order valence-corrected chi connectivity index (χ0v) is 17.4. The van der Waals surface area contributed by atoms with Crippen LogP contribution in [0.5, 0.6) is 0 Å². The summed E-state index contributed by atoms with van der Waals surface area (Å²) in [5.74, 6) is -2.01. The first-order chi connectivity index (χ1) is 15.0. The Labute approximate surface area is 180 Å². The fraction of sp³-hybridized carbons (Fsp3) is 0.333. The molecule has 2 aliphatic rings. The number of aliphatic hydroxyl groups is 1. The van der Waals surface area contributed by atoms with Crippen LogP contribution in [0.25, 0.3) is 5.76 Å². The van der Waals surface area contributed by atoms with E-state index in [1.54, 1.807) is 24.3 Å². The third-order valence-corrected chi connectivity index (χ3v) is 5.81. The number of Topliss-reactive ketones (excluding diaryl/α,β-unsaturated/α-hetero) is 1. The van der Waals surface area contributed by atoms with Gasteiger partial charge in [0.2, 0.25) is 0 Å². The standard InChI is InChI=1S/C24H25FN2O4/c1-16-2-4-18(5-3-16)22(28)20-21(17-6-8-19(25)9-7-17)27(24(30)23(20)29)11-10-26-12-14-31-15-13-26/h2-9,21,28H,10-15H2,1H3/b22-20-. The van der Waals surface area contributed by atoms with Gasteiger partial charge in [0, 0.05) is 31.7 Å². The molecule has 1 unspecified atom stereocenters. The van der Waals surface area contributed by atoms with E-state index in [4.69, 9.17) is 4.74 Å². The summed E-state index contributed by atoms with van der Waals surface area (Å²) in [5, 5.41) is 11.0. The summed E-state index contributed by atoms with van der Waals surface area (Å²) in [5.41, 5.74) is 2.08. The molecule has 2 aromatic rings. The van der Waals surface area contributed by atoms with E-state index in [2.05, 4.69) is 4.90 Å². The van der Waals surface area contributed by atoms with E-state index in [-0.39, 0.29) is 11.3 Å². The normalized spacial score (nSPS) is 21.6. The number of aryl methyl sites for hydroxylation is 1. The Morgan fingerprint density at radius 2 is 1.68 bits per heavy atom. The minimum absolute atomic E-state index is 0.0300. The van der Waals surface area contributed by atoms with Gasteiger partial charge in [0.25, 0.3) is 11.7 Å². The summed E-state index contributed by atoms with van der Waals surface area (Å²) in [4.78, 5) is 29.6. The van der Waals surface area contributed by atoms with Crippen molar-refractivity contribution in [1.82, 2.24) is 9.80 Å². The van der Waals surface area contributed by atoms with Crippen molar-refractivity contribution in [2.45, 2.75) is 13.0 Å². The van der Waals surface area contributed by atoms with E-state index < -0.39 is 23.5 Å². The van der Waals surface area contributed by atoms with Crippen LogP contribution in [0.15, 0.2) is 54.1 Å². The maximum absolute atomic E-state index is 13.5. The van der Waals surface area contributed by atoms with Gasteiger partial charge in [-0.05, 0) is 24.6 Å². The molecule has 0 aliphatic carbocycles. The zero-order chi connectivity index (χ0) is 22.0. The van der Waals surface area contributed by atoms with Crippen LogP contribution >= 0.6 is 0 Å². The molecule has 6 nitrogen and oxygen atoms in total. The number of likely N-dealkylation sites (tertiary alicyclic amines) is 1. The van der Waals surface area contributed by atoms with Crippen LogP contribution in [0.4, 0.5) is 4.39 Å². The Balaban J connectivity index is 1.72. The molecule has 0 saturated carbocycles. The van der Waals surface area contributed by atoms with Crippen LogP contribution in [0.2, 0.25) is 0 Å². The molecule has 1 N–H and O–H groups in total. The molecule has 1 amide bonds. The molecule has 162 valence electrons. The molecule has 2 aromatic carbocycles. The lowest BCUT2D eigenvalue weighted by atomic mass is 9.95. The van der Waals surface area contributed by atoms with E-state index in [9.17, 15) is 19.1 Å². The van der Waals surface area contributed by atoms with Crippen molar-refractivity contribution in [2.24, 2.45) is 0 Å². The molecule has 2 heterocycles. The first kappa shape index (κ1) is 21.2. The molecule has 0 radical (unpaired) electrons. The predicted octanol–water partition coefficient (Wildman–Crippen LogP) is 2.89. The Morgan fingerprint density at radius 1 is 1.03 bits per heavy atom. The number of aliphatic hydroxyl groups excluding tert-OH is 1. The molecule has 2 aliphatic heterocycles. The van der Waals surface area contributed by atoms with Crippen molar-refractivity contribution in [2.75, 3.05) is 39.4 Å². The second kappa shape index (κ2) is 8.99. The Bertz CT molecular complexity index is 995. The second-order valence-corrected chi connectivity index (χ2v) is 7.86. The number of morpholine rings is 1. The minimum Gasteiger partial charge on any atom is -0.507 e.